The molecule has 0 aliphatic heterocycles. The van der Waals surface area contributed by atoms with Crippen LogP contribution in [0.25, 0.3) is 0 Å². The van der Waals surface area contributed by atoms with Gasteiger partial charge >= 0.3 is 0 Å². The molecule has 0 rings (SSSR count). The van der Waals surface area contributed by atoms with Gasteiger partial charge in [0, 0.05) is 20.3 Å². The van der Waals surface area contributed by atoms with Crippen molar-refractivity contribution in [3.8, 4) is 0 Å². The smallest absolute Gasteiger partial charge is 0.146 e. The molecule has 0 amide bonds. The first-order valence-corrected chi connectivity index (χ1v) is 5.09. The summed E-state index contributed by atoms with van der Waals surface area (Å²) < 4.78 is 9.90. The normalized spacial score (nSPS) is 10.6. The fourth-order valence-corrected chi connectivity index (χ4v) is 1.17. The van der Waals surface area contributed by atoms with Gasteiger partial charge in [-0.2, -0.15) is 0 Å². The average molecular weight is 190 g/mol. The minimum atomic E-state index is 0.330. The highest BCUT2D eigenvalue weighted by molar-refractivity contribution is 4.44. The van der Waals surface area contributed by atoms with Gasteiger partial charge < -0.3 is 14.6 Å². The van der Waals surface area contributed by atoms with Gasteiger partial charge in [-0.05, 0) is 12.8 Å². The number of aliphatic hydroxyl groups is 1. The molecule has 0 aromatic heterocycles. The number of rotatable bonds is 10. The molecule has 0 heterocycles. The van der Waals surface area contributed by atoms with Gasteiger partial charge in [0.2, 0.25) is 0 Å². The van der Waals surface area contributed by atoms with Gasteiger partial charge in [-0.25, -0.2) is 0 Å². The number of ether oxygens (including phenoxy) is 2. The van der Waals surface area contributed by atoms with Gasteiger partial charge in [-0.15, -0.1) is 0 Å². The Labute approximate surface area is 81.0 Å². The van der Waals surface area contributed by atoms with Crippen molar-refractivity contribution >= 4 is 0 Å². The Kier molecular flexibility index (Phi) is 11.8. The van der Waals surface area contributed by atoms with Crippen LogP contribution in [0.1, 0.15) is 38.5 Å². The lowest BCUT2D eigenvalue weighted by Crippen LogP contribution is -1.98. The van der Waals surface area contributed by atoms with E-state index in [2.05, 4.69) is 0 Å². The lowest BCUT2D eigenvalue weighted by molar-refractivity contribution is -0.0315. The summed E-state index contributed by atoms with van der Waals surface area (Å²) in [6.07, 6.45) is 6.90. The zero-order valence-corrected chi connectivity index (χ0v) is 8.63. The minimum absolute atomic E-state index is 0.330. The zero-order chi connectivity index (χ0) is 9.78. The van der Waals surface area contributed by atoms with Crippen molar-refractivity contribution in [2.24, 2.45) is 0 Å². The van der Waals surface area contributed by atoms with E-state index in [0.717, 1.165) is 25.9 Å². The van der Waals surface area contributed by atoms with Crippen molar-refractivity contribution in [2.75, 3.05) is 27.1 Å². The molecule has 0 radical (unpaired) electrons. The maximum absolute atomic E-state index is 8.53. The van der Waals surface area contributed by atoms with E-state index in [4.69, 9.17) is 14.6 Å². The number of hydrogen-bond acceptors (Lipinski definition) is 3. The summed E-state index contributed by atoms with van der Waals surface area (Å²) in [5.74, 6) is 0. The summed E-state index contributed by atoms with van der Waals surface area (Å²) in [5, 5.41) is 8.53. The van der Waals surface area contributed by atoms with Gasteiger partial charge in [0.15, 0.2) is 0 Å². The first-order chi connectivity index (χ1) is 6.41. The third-order valence-corrected chi connectivity index (χ3v) is 1.90. The van der Waals surface area contributed by atoms with Crippen molar-refractivity contribution in [1.29, 1.82) is 0 Å². The monoisotopic (exact) mass is 190 g/mol. The molecule has 0 unspecified atom stereocenters. The van der Waals surface area contributed by atoms with Crippen molar-refractivity contribution in [3.63, 3.8) is 0 Å². The van der Waals surface area contributed by atoms with Crippen molar-refractivity contribution in [1.82, 2.24) is 0 Å². The highest BCUT2D eigenvalue weighted by atomic mass is 16.7. The lowest BCUT2D eigenvalue weighted by Gasteiger charge is -2.02. The molecule has 0 aromatic carbocycles. The molecule has 0 atom stereocenters. The van der Waals surface area contributed by atoms with Crippen LogP contribution in [-0.4, -0.2) is 32.2 Å². The zero-order valence-electron chi connectivity index (χ0n) is 8.63. The van der Waals surface area contributed by atoms with Crippen molar-refractivity contribution in [2.45, 2.75) is 38.5 Å². The van der Waals surface area contributed by atoms with Gasteiger partial charge in [-0.3, -0.25) is 0 Å². The fourth-order valence-electron chi connectivity index (χ4n) is 1.17. The van der Waals surface area contributed by atoms with Crippen LogP contribution in [0, 0.1) is 0 Å². The van der Waals surface area contributed by atoms with Crippen LogP contribution in [0.3, 0.4) is 0 Å². The predicted octanol–water partition coefficient (Wildman–Crippen LogP) is 1.94. The highest BCUT2D eigenvalue weighted by Crippen LogP contribution is 2.04. The Morgan fingerprint density at radius 1 is 0.923 bits per heavy atom. The Hall–Kier alpha value is -0.120. The molecule has 0 aromatic rings. The van der Waals surface area contributed by atoms with Gasteiger partial charge in [0.05, 0.1) is 0 Å². The fraction of sp³-hybridized carbons (Fsp3) is 1.00. The average Bonchev–Trinajstić information content (AvgIpc) is 2.16. The minimum Gasteiger partial charge on any atom is -0.396 e. The molecule has 0 saturated carbocycles. The largest absolute Gasteiger partial charge is 0.396 e. The SMILES string of the molecule is COCOCCCCCCCCO. The maximum atomic E-state index is 8.53. The molecule has 3 heteroatoms. The van der Waals surface area contributed by atoms with E-state index >= 15 is 0 Å². The molecule has 3 nitrogen and oxygen atoms in total. The second kappa shape index (κ2) is 11.9. The van der Waals surface area contributed by atoms with Crippen LogP contribution in [0.5, 0.6) is 0 Å². The Bertz CT molecular complexity index is 76.2. The van der Waals surface area contributed by atoms with Crippen LogP contribution in [0.4, 0.5) is 0 Å². The molecular weight excluding hydrogens is 168 g/mol. The molecule has 0 aliphatic carbocycles. The Morgan fingerprint density at radius 2 is 1.54 bits per heavy atom. The molecule has 80 valence electrons. The number of aliphatic hydroxyl groups excluding tert-OH is 1. The predicted molar refractivity (Wildman–Crippen MR) is 52.6 cm³/mol. The summed E-state index contributed by atoms with van der Waals surface area (Å²) >= 11 is 0. The van der Waals surface area contributed by atoms with E-state index in [9.17, 15) is 0 Å². The topological polar surface area (TPSA) is 38.7 Å². The third-order valence-electron chi connectivity index (χ3n) is 1.90. The molecule has 0 saturated heterocycles. The van der Waals surface area contributed by atoms with E-state index in [-0.39, 0.29) is 0 Å². The van der Waals surface area contributed by atoms with E-state index in [1.807, 2.05) is 0 Å². The second-order valence-corrected chi connectivity index (χ2v) is 3.16. The first-order valence-electron chi connectivity index (χ1n) is 5.09. The van der Waals surface area contributed by atoms with E-state index in [0.29, 0.717) is 13.4 Å². The molecule has 0 spiro atoms. The quantitative estimate of drug-likeness (QED) is 0.422. The second-order valence-electron chi connectivity index (χ2n) is 3.16. The van der Waals surface area contributed by atoms with Crippen LogP contribution in [0.2, 0.25) is 0 Å². The molecular formula is C10H22O3. The van der Waals surface area contributed by atoms with E-state index in [1.165, 1.54) is 19.3 Å². The van der Waals surface area contributed by atoms with E-state index in [1.54, 1.807) is 7.11 Å². The Morgan fingerprint density at radius 3 is 2.15 bits per heavy atom. The standard InChI is InChI=1S/C10H22O3/c1-12-10-13-9-7-5-3-2-4-6-8-11/h11H,2-10H2,1H3. The van der Waals surface area contributed by atoms with Crippen LogP contribution in [0.15, 0.2) is 0 Å². The number of unbranched alkanes of at least 4 members (excludes halogenated alkanes) is 5. The summed E-state index contributed by atoms with van der Waals surface area (Å²) in [5.41, 5.74) is 0. The summed E-state index contributed by atoms with van der Waals surface area (Å²) in [4.78, 5) is 0. The maximum Gasteiger partial charge on any atom is 0.146 e. The van der Waals surface area contributed by atoms with Crippen molar-refractivity contribution < 1.29 is 14.6 Å². The number of methoxy groups -OCH3 is 1. The molecule has 0 aliphatic rings. The highest BCUT2D eigenvalue weighted by Gasteiger charge is 1.90. The van der Waals surface area contributed by atoms with E-state index < -0.39 is 0 Å². The van der Waals surface area contributed by atoms with Gasteiger partial charge in [0.1, 0.15) is 6.79 Å². The van der Waals surface area contributed by atoms with Crippen LogP contribution < -0.4 is 0 Å². The van der Waals surface area contributed by atoms with Crippen molar-refractivity contribution in [3.05, 3.63) is 0 Å². The summed E-state index contributed by atoms with van der Waals surface area (Å²) in [6, 6.07) is 0. The third kappa shape index (κ3) is 11.9. The van der Waals surface area contributed by atoms with Gasteiger partial charge in [0.25, 0.3) is 0 Å². The molecule has 0 bridgehead atoms. The molecule has 13 heavy (non-hydrogen) atoms. The van der Waals surface area contributed by atoms with Crippen LogP contribution in [-0.2, 0) is 9.47 Å². The summed E-state index contributed by atoms with van der Waals surface area (Å²) in [6.45, 7) is 1.54. The first kappa shape index (κ1) is 12.9. The van der Waals surface area contributed by atoms with Gasteiger partial charge in [-0.1, -0.05) is 25.7 Å². The molecule has 0 fully saturated rings. The molecule has 1 N–H and O–H groups in total. The Balaban J connectivity index is 2.76. The lowest BCUT2D eigenvalue weighted by atomic mass is 10.1. The van der Waals surface area contributed by atoms with Crippen LogP contribution >= 0.6 is 0 Å². The summed E-state index contributed by atoms with van der Waals surface area (Å²) in [7, 11) is 1.63. The number of hydrogen-bond donors (Lipinski definition) is 1.